The normalized spacial score (nSPS) is 10.0. The van der Waals surface area contributed by atoms with Crippen LogP contribution in [0.15, 0.2) is 36.4 Å². The van der Waals surface area contributed by atoms with Gasteiger partial charge in [0.05, 0.1) is 0 Å². The van der Waals surface area contributed by atoms with Crippen molar-refractivity contribution in [2.45, 2.75) is 19.8 Å². The number of fused-ring (bicyclic) bond motifs is 1. The second-order valence-corrected chi connectivity index (χ2v) is 4.45. The van der Waals surface area contributed by atoms with Crippen molar-refractivity contribution in [2.24, 2.45) is 0 Å². The SMILES string of the molecule is Cc1ccc2ccccc2c1C#CCCCCl. The van der Waals surface area contributed by atoms with Gasteiger partial charge in [-0.05, 0) is 29.7 Å². The highest BCUT2D eigenvalue weighted by molar-refractivity contribution is 6.17. The van der Waals surface area contributed by atoms with Gasteiger partial charge in [-0.1, -0.05) is 48.2 Å². The van der Waals surface area contributed by atoms with E-state index in [0.29, 0.717) is 5.88 Å². The average Bonchev–Trinajstić information content (AvgIpc) is 2.37. The lowest BCUT2D eigenvalue weighted by Gasteiger charge is -2.03. The second-order valence-electron chi connectivity index (χ2n) is 4.07. The molecular formula is C16H15Cl. The van der Waals surface area contributed by atoms with Gasteiger partial charge in [-0.15, -0.1) is 11.6 Å². The lowest BCUT2D eigenvalue weighted by Crippen LogP contribution is -1.85. The molecule has 0 saturated heterocycles. The monoisotopic (exact) mass is 242 g/mol. The molecule has 0 heterocycles. The summed E-state index contributed by atoms with van der Waals surface area (Å²) in [6, 6.07) is 12.7. The molecule has 2 aromatic carbocycles. The predicted molar refractivity (Wildman–Crippen MR) is 75.5 cm³/mol. The number of aryl methyl sites for hydroxylation is 1. The molecule has 2 rings (SSSR count). The molecule has 0 aliphatic rings. The molecule has 0 aromatic heterocycles. The van der Waals surface area contributed by atoms with Crippen LogP contribution in [-0.2, 0) is 0 Å². The molecule has 86 valence electrons. The van der Waals surface area contributed by atoms with Crippen LogP contribution in [0.5, 0.6) is 0 Å². The van der Waals surface area contributed by atoms with Gasteiger partial charge < -0.3 is 0 Å². The predicted octanol–water partition coefficient (Wildman–Crippen LogP) is 4.52. The maximum absolute atomic E-state index is 5.64. The number of rotatable bonds is 2. The molecule has 17 heavy (non-hydrogen) atoms. The van der Waals surface area contributed by atoms with Crippen LogP contribution in [0.25, 0.3) is 10.8 Å². The van der Waals surface area contributed by atoms with Crippen molar-refractivity contribution in [3.05, 3.63) is 47.5 Å². The zero-order valence-corrected chi connectivity index (χ0v) is 10.7. The minimum atomic E-state index is 0.684. The Labute approximate surface area is 108 Å². The number of benzene rings is 2. The molecular weight excluding hydrogens is 228 g/mol. The lowest BCUT2D eigenvalue weighted by atomic mass is 10.00. The first-order valence-electron chi connectivity index (χ1n) is 5.86. The van der Waals surface area contributed by atoms with E-state index < -0.39 is 0 Å². The number of hydrogen-bond acceptors (Lipinski definition) is 0. The van der Waals surface area contributed by atoms with Gasteiger partial charge in [-0.2, -0.15) is 0 Å². The Morgan fingerprint density at radius 1 is 1.12 bits per heavy atom. The zero-order chi connectivity index (χ0) is 12.1. The Morgan fingerprint density at radius 2 is 1.94 bits per heavy atom. The number of alkyl halides is 1. The van der Waals surface area contributed by atoms with Gasteiger partial charge in [0.15, 0.2) is 0 Å². The van der Waals surface area contributed by atoms with E-state index in [1.807, 2.05) is 0 Å². The molecule has 0 atom stereocenters. The van der Waals surface area contributed by atoms with Gasteiger partial charge in [0.25, 0.3) is 0 Å². The fourth-order valence-electron chi connectivity index (χ4n) is 1.85. The van der Waals surface area contributed by atoms with Crippen LogP contribution in [0, 0.1) is 18.8 Å². The second kappa shape index (κ2) is 5.75. The van der Waals surface area contributed by atoms with Crippen molar-refractivity contribution in [1.29, 1.82) is 0 Å². The quantitative estimate of drug-likeness (QED) is 0.413. The van der Waals surface area contributed by atoms with Crippen molar-refractivity contribution in [3.63, 3.8) is 0 Å². The molecule has 0 fully saturated rings. The third kappa shape index (κ3) is 2.81. The zero-order valence-electron chi connectivity index (χ0n) is 9.96. The summed E-state index contributed by atoms with van der Waals surface area (Å²) in [4.78, 5) is 0. The van der Waals surface area contributed by atoms with E-state index in [-0.39, 0.29) is 0 Å². The van der Waals surface area contributed by atoms with E-state index in [9.17, 15) is 0 Å². The van der Waals surface area contributed by atoms with Gasteiger partial charge >= 0.3 is 0 Å². The fraction of sp³-hybridized carbons (Fsp3) is 0.250. The average molecular weight is 243 g/mol. The Morgan fingerprint density at radius 3 is 2.76 bits per heavy atom. The molecule has 1 heteroatoms. The molecule has 0 bridgehead atoms. The minimum Gasteiger partial charge on any atom is -0.127 e. The van der Waals surface area contributed by atoms with Crippen molar-refractivity contribution in [2.75, 3.05) is 5.88 Å². The van der Waals surface area contributed by atoms with Crippen LogP contribution in [0.3, 0.4) is 0 Å². The summed E-state index contributed by atoms with van der Waals surface area (Å²) in [6.45, 7) is 2.11. The number of halogens is 1. The van der Waals surface area contributed by atoms with E-state index in [2.05, 4.69) is 55.2 Å². The Hall–Kier alpha value is -1.45. The summed E-state index contributed by atoms with van der Waals surface area (Å²) in [5.74, 6) is 7.17. The molecule has 0 aliphatic heterocycles. The van der Waals surface area contributed by atoms with Crippen LogP contribution in [0.2, 0.25) is 0 Å². The largest absolute Gasteiger partial charge is 0.127 e. The standard InChI is InChI=1S/C16H15Cl/c1-13-10-11-14-7-4-5-9-16(14)15(13)8-3-2-6-12-17/h4-5,7,9-11H,2,6,12H2,1H3. The molecule has 2 aromatic rings. The van der Waals surface area contributed by atoms with E-state index in [1.165, 1.54) is 16.3 Å². The molecule has 0 spiro atoms. The fourth-order valence-corrected chi connectivity index (χ4v) is 1.99. The highest BCUT2D eigenvalue weighted by Crippen LogP contribution is 2.21. The van der Waals surface area contributed by atoms with Crippen LogP contribution in [-0.4, -0.2) is 5.88 Å². The molecule has 0 nitrogen and oxygen atoms in total. The maximum Gasteiger partial charge on any atom is 0.0352 e. The summed E-state index contributed by atoms with van der Waals surface area (Å²) >= 11 is 5.64. The molecule has 0 radical (unpaired) electrons. The van der Waals surface area contributed by atoms with E-state index in [0.717, 1.165) is 18.4 Å². The molecule has 0 N–H and O–H groups in total. The number of unbranched alkanes of at least 4 members (excludes halogenated alkanes) is 1. The van der Waals surface area contributed by atoms with Gasteiger partial charge in [-0.3, -0.25) is 0 Å². The van der Waals surface area contributed by atoms with Crippen LogP contribution in [0.4, 0.5) is 0 Å². The van der Waals surface area contributed by atoms with Gasteiger partial charge in [0.1, 0.15) is 0 Å². The molecule has 0 aliphatic carbocycles. The Kier molecular flexibility index (Phi) is 4.07. The smallest absolute Gasteiger partial charge is 0.0352 e. The summed E-state index contributed by atoms with van der Waals surface area (Å²) in [7, 11) is 0. The van der Waals surface area contributed by atoms with E-state index in [4.69, 9.17) is 11.6 Å². The van der Waals surface area contributed by atoms with Crippen molar-refractivity contribution >= 4 is 22.4 Å². The summed E-state index contributed by atoms with van der Waals surface area (Å²) in [5.41, 5.74) is 2.39. The first-order valence-corrected chi connectivity index (χ1v) is 6.39. The first kappa shape index (κ1) is 12.0. The van der Waals surface area contributed by atoms with Gasteiger partial charge in [0.2, 0.25) is 0 Å². The van der Waals surface area contributed by atoms with Gasteiger partial charge in [-0.25, -0.2) is 0 Å². The van der Waals surface area contributed by atoms with E-state index in [1.54, 1.807) is 0 Å². The number of hydrogen-bond donors (Lipinski definition) is 0. The van der Waals surface area contributed by atoms with Crippen molar-refractivity contribution in [1.82, 2.24) is 0 Å². The minimum absolute atomic E-state index is 0.684. The van der Waals surface area contributed by atoms with Crippen LogP contribution >= 0.6 is 11.6 Å². The topological polar surface area (TPSA) is 0 Å². The van der Waals surface area contributed by atoms with Crippen LogP contribution < -0.4 is 0 Å². The molecule has 0 amide bonds. The summed E-state index contributed by atoms with van der Waals surface area (Å²) in [5, 5.41) is 2.49. The first-order chi connectivity index (χ1) is 8.33. The van der Waals surface area contributed by atoms with E-state index >= 15 is 0 Å². The van der Waals surface area contributed by atoms with Crippen LogP contribution in [0.1, 0.15) is 24.0 Å². The Balaban J connectivity index is 2.43. The highest BCUT2D eigenvalue weighted by atomic mass is 35.5. The Bertz CT molecular complexity index is 573. The maximum atomic E-state index is 5.64. The third-order valence-electron chi connectivity index (χ3n) is 2.79. The van der Waals surface area contributed by atoms with Gasteiger partial charge in [0, 0.05) is 17.9 Å². The lowest BCUT2D eigenvalue weighted by molar-refractivity contribution is 0.991. The molecule has 0 saturated carbocycles. The van der Waals surface area contributed by atoms with Crippen molar-refractivity contribution < 1.29 is 0 Å². The third-order valence-corrected chi connectivity index (χ3v) is 3.05. The summed E-state index contributed by atoms with van der Waals surface area (Å²) in [6.07, 6.45) is 1.82. The van der Waals surface area contributed by atoms with Crippen molar-refractivity contribution in [3.8, 4) is 11.8 Å². The summed E-state index contributed by atoms with van der Waals surface area (Å²) < 4.78 is 0. The highest BCUT2D eigenvalue weighted by Gasteiger charge is 2.00. The molecule has 0 unspecified atom stereocenters.